The molecule has 18 heavy (non-hydrogen) atoms. The highest BCUT2D eigenvalue weighted by Crippen LogP contribution is 2.36. The van der Waals surface area contributed by atoms with E-state index >= 15 is 0 Å². The molecule has 94 valence electrons. The number of hydrogen-bond donors (Lipinski definition) is 2. The van der Waals surface area contributed by atoms with Gasteiger partial charge in [-0.2, -0.15) is 0 Å². The smallest absolute Gasteiger partial charge is 0.323 e. The largest absolute Gasteiger partial charge is 0.464 e. The molecule has 1 aromatic carbocycles. The Hall–Kier alpha value is -1.40. The predicted octanol–water partition coefficient (Wildman–Crippen LogP) is 1.35. The minimum atomic E-state index is -0.508. The average Bonchev–Trinajstić information content (AvgIpc) is 2.86. The summed E-state index contributed by atoms with van der Waals surface area (Å²) >= 11 is 3.43. The highest BCUT2D eigenvalue weighted by atomic mass is 79.9. The lowest BCUT2D eigenvalue weighted by Crippen LogP contribution is -2.39. The van der Waals surface area contributed by atoms with Crippen LogP contribution in [0.1, 0.15) is 18.0 Å². The molecule has 1 fully saturated rings. The van der Waals surface area contributed by atoms with Crippen molar-refractivity contribution in [2.75, 3.05) is 11.9 Å². The van der Waals surface area contributed by atoms with Crippen molar-refractivity contribution in [1.82, 2.24) is 5.32 Å². The lowest BCUT2D eigenvalue weighted by atomic mass is 10.1. The molecule has 2 aliphatic rings. The van der Waals surface area contributed by atoms with Crippen molar-refractivity contribution in [2.45, 2.75) is 18.5 Å². The van der Waals surface area contributed by atoms with Crippen LogP contribution < -0.4 is 10.6 Å². The zero-order chi connectivity index (χ0) is 12.7. The molecule has 0 radical (unpaired) electrons. The molecule has 0 bridgehead atoms. The first-order chi connectivity index (χ1) is 8.66. The maximum atomic E-state index is 11.9. The van der Waals surface area contributed by atoms with Crippen LogP contribution in [-0.4, -0.2) is 24.5 Å². The number of cyclic esters (lactones) is 1. The number of fused-ring (bicyclic) bond motifs is 1. The van der Waals surface area contributed by atoms with Crippen LogP contribution in [0.15, 0.2) is 22.7 Å². The fourth-order valence-corrected chi connectivity index (χ4v) is 2.88. The molecule has 6 heteroatoms. The number of hydrogen-bond acceptors (Lipinski definition) is 4. The summed E-state index contributed by atoms with van der Waals surface area (Å²) < 4.78 is 5.73. The Labute approximate surface area is 112 Å². The maximum absolute atomic E-state index is 11.9. The summed E-state index contributed by atoms with van der Waals surface area (Å²) in [4.78, 5) is 23.4. The summed E-state index contributed by atoms with van der Waals surface area (Å²) in [7, 11) is 0. The number of carbonyl (C=O) groups is 2. The Kier molecular flexibility index (Phi) is 2.83. The summed E-state index contributed by atoms with van der Waals surface area (Å²) in [5.74, 6) is -0.431. The Balaban J connectivity index is 1.89. The number of ether oxygens (including phenoxy) is 1. The number of halogens is 1. The Morgan fingerprint density at radius 1 is 1.39 bits per heavy atom. The van der Waals surface area contributed by atoms with Gasteiger partial charge in [0, 0.05) is 22.1 Å². The number of benzene rings is 1. The van der Waals surface area contributed by atoms with Gasteiger partial charge in [0.2, 0.25) is 5.91 Å². The van der Waals surface area contributed by atoms with E-state index in [4.69, 9.17) is 4.74 Å². The second kappa shape index (κ2) is 4.37. The quantitative estimate of drug-likeness (QED) is 0.809. The molecular formula is C12H11BrN2O3. The van der Waals surface area contributed by atoms with Gasteiger partial charge in [-0.25, -0.2) is 0 Å². The highest BCUT2D eigenvalue weighted by molar-refractivity contribution is 9.10. The van der Waals surface area contributed by atoms with Gasteiger partial charge in [-0.15, -0.1) is 0 Å². The van der Waals surface area contributed by atoms with Gasteiger partial charge in [0.25, 0.3) is 0 Å². The number of rotatable bonds is 2. The van der Waals surface area contributed by atoms with Gasteiger partial charge in [0.1, 0.15) is 12.1 Å². The van der Waals surface area contributed by atoms with Crippen LogP contribution in [0.2, 0.25) is 0 Å². The monoisotopic (exact) mass is 310 g/mol. The van der Waals surface area contributed by atoms with E-state index in [2.05, 4.69) is 26.6 Å². The molecule has 2 atom stereocenters. The van der Waals surface area contributed by atoms with Crippen molar-refractivity contribution in [1.29, 1.82) is 0 Å². The van der Waals surface area contributed by atoms with Crippen LogP contribution in [0.5, 0.6) is 0 Å². The number of nitrogens with one attached hydrogen (secondary N) is 2. The standard InChI is InChI=1S/C12H11BrN2O3/c13-6-2-1-3-7-9(6)10(11(16)15-7)14-8-4-5-18-12(8)17/h1-3,8,10,14H,4-5H2,(H,15,16). The maximum Gasteiger partial charge on any atom is 0.323 e. The summed E-state index contributed by atoms with van der Waals surface area (Å²) in [5, 5.41) is 5.85. The zero-order valence-corrected chi connectivity index (χ0v) is 11.0. The van der Waals surface area contributed by atoms with Crippen molar-refractivity contribution in [3.8, 4) is 0 Å². The third-order valence-corrected chi connectivity index (χ3v) is 3.86. The first-order valence-corrected chi connectivity index (χ1v) is 6.48. The summed E-state index contributed by atoms with van der Waals surface area (Å²) in [6.07, 6.45) is 0.600. The van der Waals surface area contributed by atoms with E-state index in [0.717, 1.165) is 15.7 Å². The van der Waals surface area contributed by atoms with Crippen LogP contribution >= 0.6 is 15.9 Å². The van der Waals surface area contributed by atoms with E-state index < -0.39 is 12.1 Å². The molecule has 1 aromatic rings. The molecule has 2 heterocycles. The van der Waals surface area contributed by atoms with Crippen molar-refractivity contribution < 1.29 is 14.3 Å². The topological polar surface area (TPSA) is 67.4 Å². The Bertz CT molecular complexity index is 532. The van der Waals surface area contributed by atoms with E-state index in [1.807, 2.05) is 18.2 Å². The van der Waals surface area contributed by atoms with Gasteiger partial charge < -0.3 is 10.1 Å². The van der Waals surface area contributed by atoms with E-state index in [1.54, 1.807) is 0 Å². The molecule has 3 rings (SSSR count). The fraction of sp³-hybridized carbons (Fsp3) is 0.333. The second-order valence-corrected chi connectivity index (χ2v) is 5.15. The van der Waals surface area contributed by atoms with Crippen LogP contribution in [0.4, 0.5) is 5.69 Å². The minimum Gasteiger partial charge on any atom is -0.464 e. The first-order valence-electron chi connectivity index (χ1n) is 5.69. The van der Waals surface area contributed by atoms with Crippen molar-refractivity contribution in [2.24, 2.45) is 0 Å². The summed E-state index contributed by atoms with van der Waals surface area (Å²) in [6, 6.07) is 4.66. The number of carbonyl (C=O) groups excluding carboxylic acids is 2. The minimum absolute atomic E-state index is 0.142. The molecule has 2 N–H and O–H groups in total. The molecule has 1 saturated heterocycles. The van der Waals surface area contributed by atoms with Crippen LogP contribution in [0.25, 0.3) is 0 Å². The van der Waals surface area contributed by atoms with E-state index in [-0.39, 0.29) is 11.9 Å². The van der Waals surface area contributed by atoms with Gasteiger partial charge in [0.05, 0.1) is 6.61 Å². The number of esters is 1. The lowest BCUT2D eigenvalue weighted by molar-refractivity contribution is -0.139. The zero-order valence-electron chi connectivity index (χ0n) is 9.40. The third kappa shape index (κ3) is 1.81. The molecular weight excluding hydrogens is 300 g/mol. The number of anilines is 1. The molecule has 2 aliphatic heterocycles. The van der Waals surface area contributed by atoms with Crippen molar-refractivity contribution >= 4 is 33.5 Å². The molecule has 2 unspecified atom stereocenters. The third-order valence-electron chi connectivity index (χ3n) is 3.16. The SMILES string of the molecule is O=C1OCCC1NC1C(=O)Nc2cccc(Br)c21. The first kappa shape index (κ1) is 11.7. The van der Waals surface area contributed by atoms with Gasteiger partial charge in [0.15, 0.2) is 0 Å². The van der Waals surface area contributed by atoms with Gasteiger partial charge in [-0.1, -0.05) is 22.0 Å². The van der Waals surface area contributed by atoms with Crippen LogP contribution in [-0.2, 0) is 14.3 Å². The summed E-state index contributed by atoms with van der Waals surface area (Å²) in [5.41, 5.74) is 1.63. The average molecular weight is 311 g/mol. The Morgan fingerprint density at radius 3 is 2.94 bits per heavy atom. The molecule has 0 spiro atoms. The van der Waals surface area contributed by atoms with Gasteiger partial charge in [-0.05, 0) is 12.1 Å². The van der Waals surface area contributed by atoms with Gasteiger partial charge >= 0.3 is 5.97 Å². The van der Waals surface area contributed by atoms with E-state index in [0.29, 0.717) is 13.0 Å². The Morgan fingerprint density at radius 2 is 2.22 bits per heavy atom. The molecule has 1 amide bonds. The molecule has 5 nitrogen and oxygen atoms in total. The predicted molar refractivity (Wildman–Crippen MR) is 68.0 cm³/mol. The fourth-order valence-electron chi connectivity index (χ4n) is 2.28. The normalized spacial score (nSPS) is 25.8. The van der Waals surface area contributed by atoms with Gasteiger partial charge in [-0.3, -0.25) is 14.9 Å². The van der Waals surface area contributed by atoms with Crippen LogP contribution in [0, 0.1) is 0 Å². The highest BCUT2D eigenvalue weighted by Gasteiger charge is 2.37. The second-order valence-electron chi connectivity index (χ2n) is 4.30. The molecule has 0 aliphatic carbocycles. The van der Waals surface area contributed by atoms with E-state index in [1.165, 1.54) is 0 Å². The van der Waals surface area contributed by atoms with Crippen LogP contribution in [0.3, 0.4) is 0 Å². The van der Waals surface area contributed by atoms with Crippen molar-refractivity contribution in [3.05, 3.63) is 28.2 Å². The lowest BCUT2D eigenvalue weighted by Gasteiger charge is -2.15. The molecule has 0 saturated carbocycles. The number of amides is 1. The van der Waals surface area contributed by atoms with Crippen molar-refractivity contribution in [3.63, 3.8) is 0 Å². The molecule has 0 aromatic heterocycles. The van der Waals surface area contributed by atoms with E-state index in [9.17, 15) is 9.59 Å². The summed E-state index contributed by atoms with van der Waals surface area (Å²) in [6.45, 7) is 0.410.